The Bertz CT molecular complexity index is 321. The third-order valence-electron chi connectivity index (χ3n) is 3.14. The number of nitrogens with zero attached hydrogens (tertiary/aromatic N) is 1. The van der Waals surface area contributed by atoms with E-state index < -0.39 is 0 Å². The summed E-state index contributed by atoms with van der Waals surface area (Å²) in [6.45, 7) is 5.62. The van der Waals surface area contributed by atoms with Crippen molar-refractivity contribution in [2.45, 2.75) is 13.0 Å². The first kappa shape index (κ1) is 11.6. The summed E-state index contributed by atoms with van der Waals surface area (Å²) in [5.74, 6) is 0. The molecule has 0 saturated carbocycles. The molecule has 1 aliphatic rings. The van der Waals surface area contributed by atoms with E-state index in [9.17, 15) is 0 Å². The Morgan fingerprint density at radius 3 is 2.50 bits per heavy atom. The predicted octanol–water partition coefficient (Wildman–Crippen LogP) is 1.02. The van der Waals surface area contributed by atoms with Crippen molar-refractivity contribution in [2.75, 3.05) is 32.8 Å². The van der Waals surface area contributed by atoms with E-state index in [0.29, 0.717) is 6.54 Å². The average molecular weight is 220 g/mol. The molecule has 1 aliphatic heterocycles. The third-order valence-corrected chi connectivity index (χ3v) is 3.14. The van der Waals surface area contributed by atoms with Crippen LogP contribution >= 0.6 is 0 Å². The molecule has 1 aromatic carbocycles. The Morgan fingerprint density at radius 2 is 1.81 bits per heavy atom. The second-order valence-electron chi connectivity index (χ2n) is 4.18. The maximum absolute atomic E-state index is 5.73. The molecule has 0 aromatic heterocycles. The Hall–Kier alpha value is -0.900. The minimum Gasteiger partial charge on any atom is -0.379 e. The van der Waals surface area contributed by atoms with Crippen LogP contribution in [-0.2, 0) is 17.7 Å². The van der Waals surface area contributed by atoms with Crippen LogP contribution in [0.25, 0.3) is 0 Å². The molecule has 3 heteroatoms. The van der Waals surface area contributed by atoms with Gasteiger partial charge >= 0.3 is 0 Å². The molecule has 1 saturated heterocycles. The molecule has 0 amide bonds. The Balaban J connectivity index is 1.88. The zero-order valence-electron chi connectivity index (χ0n) is 9.69. The quantitative estimate of drug-likeness (QED) is 0.823. The maximum atomic E-state index is 5.73. The molecule has 0 bridgehead atoms. The lowest BCUT2D eigenvalue weighted by Crippen LogP contribution is -2.37. The molecule has 0 unspecified atom stereocenters. The van der Waals surface area contributed by atoms with E-state index in [1.54, 1.807) is 0 Å². The van der Waals surface area contributed by atoms with Gasteiger partial charge in [0.1, 0.15) is 0 Å². The molecule has 1 aromatic rings. The number of hydrogen-bond donors (Lipinski definition) is 1. The van der Waals surface area contributed by atoms with E-state index in [2.05, 4.69) is 29.2 Å². The zero-order valence-corrected chi connectivity index (χ0v) is 9.69. The number of hydrogen-bond acceptors (Lipinski definition) is 3. The van der Waals surface area contributed by atoms with Gasteiger partial charge < -0.3 is 10.5 Å². The van der Waals surface area contributed by atoms with Crippen LogP contribution in [0.5, 0.6) is 0 Å². The van der Waals surface area contributed by atoms with Crippen molar-refractivity contribution >= 4 is 0 Å². The lowest BCUT2D eigenvalue weighted by Gasteiger charge is -2.26. The highest BCUT2D eigenvalue weighted by atomic mass is 16.5. The lowest BCUT2D eigenvalue weighted by atomic mass is 10.0. The van der Waals surface area contributed by atoms with E-state index in [1.165, 1.54) is 11.1 Å². The van der Waals surface area contributed by atoms with Crippen LogP contribution in [-0.4, -0.2) is 37.7 Å². The summed E-state index contributed by atoms with van der Waals surface area (Å²) < 4.78 is 5.33. The first-order valence-corrected chi connectivity index (χ1v) is 5.97. The smallest absolute Gasteiger partial charge is 0.0594 e. The molecular formula is C13H20N2O. The number of nitrogens with two attached hydrogens (primary N) is 1. The van der Waals surface area contributed by atoms with Crippen LogP contribution in [0.1, 0.15) is 11.1 Å². The van der Waals surface area contributed by atoms with E-state index in [4.69, 9.17) is 10.5 Å². The molecular weight excluding hydrogens is 200 g/mol. The number of morpholine rings is 1. The highest BCUT2D eigenvalue weighted by Gasteiger charge is 2.10. The van der Waals surface area contributed by atoms with Crippen molar-refractivity contribution in [1.29, 1.82) is 0 Å². The molecule has 0 aliphatic carbocycles. The van der Waals surface area contributed by atoms with Crippen LogP contribution in [0.2, 0.25) is 0 Å². The summed E-state index contributed by atoms with van der Waals surface area (Å²) in [5, 5.41) is 0. The lowest BCUT2D eigenvalue weighted by molar-refractivity contribution is 0.0384. The van der Waals surface area contributed by atoms with Gasteiger partial charge in [-0.15, -0.1) is 0 Å². The maximum Gasteiger partial charge on any atom is 0.0594 e. The fourth-order valence-electron chi connectivity index (χ4n) is 2.10. The molecule has 88 valence electrons. The molecule has 3 nitrogen and oxygen atoms in total. The normalized spacial score (nSPS) is 17.6. The highest BCUT2D eigenvalue weighted by molar-refractivity contribution is 5.27. The van der Waals surface area contributed by atoms with Gasteiger partial charge in [0.2, 0.25) is 0 Å². The van der Waals surface area contributed by atoms with Crippen molar-refractivity contribution in [1.82, 2.24) is 4.90 Å². The van der Waals surface area contributed by atoms with Gasteiger partial charge in [0.15, 0.2) is 0 Å². The average Bonchev–Trinajstić information content (AvgIpc) is 2.38. The molecule has 1 heterocycles. The van der Waals surface area contributed by atoms with E-state index in [-0.39, 0.29) is 0 Å². The molecule has 0 spiro atoms. The van der Waals surface area contributed by atoms with Crippen molar-refractivity contribution in [3.63, 3.8) is 0 Å². The van der Waals surface area contributed by atoms with Gasteiger partial charge in [-0.3, -0.25) is 4.90 Å². The van der Waals surface area contributed by atoms with Gasteiger partial charge in [-0.1, -0.05) is 24.3 Å². The molecule has 2 N–H and O–H groups in total. The molecule has 16 heavy (non-hydrogen) atoms. The van der Waals surface area contributed by atoms with Gasteiger partial charge in [-0.2, -0.15) is 0 Å². The first-order chi connectivity index (χ1) is 7.90. The van der Waals surface area contributed by atoms with Gasteiger partial charge in [0, 0.05) is 26.2 Å². The molecule has 1 fully saturated rings. The first-order valence-electron chi connectivity index (χ1n) is 5.97. The summed E-state index contributed by atoms with van der Waals surface area (Å²) in [5.41, 5.74) is 8.39. The minimum atomic E-state index is 0.638. The summed E-state index contributed by atoms with van der Waals surface area (Å²) in [7, 11) is 0. The fourth-order valence-corrected chi connectivity index (χ4v) is 2.10. The van der Waals surface area contributed by atoms with Gasteiger partial charge in [-0.05, 0) is 17.5 Å². The zero-order chi connectivity index (χ0) is 11.2. The SMILES string of the molecule is NCc1ccccc1CCN1CCOCC1. The van der Waals surface area contributed by atoms with Crippen LogP contribution in [0.3, 0.4) is 0 Å². The highest BCUT2D eigenvalue weighted by Crippen LogP contribution is 2.10. The van der Waals surface area contributed by atoms with Crippen LogP contribution in [0.4, 0.5) is 0 Å². The fraction of sp³-hybridized carbons (Fsp3) is 0.538. The number of benzene rings is 1. The van der Waals surface area contributed by atoms with Gasteiger partial charge in [-0.25, -0.2) is 0 Å². The molecule has 0 radical (unpaired) electrons. The van der Waals surface area contributed by atoms with Gasteiger partial charge in [0.25, 0.3) is 0 Å². The summed E-state index contributed by atoms with van der Waals surface area (Å²) in [6.07, 6.45) is 1.09. The third kappa shape index (κ3) is 3.04. The van der Waals surface area contributed by atoms with Crippen molar-refractivity contribution in [2.24, 2.45) is 5.73 Å². The Kier molecular flexibility index (Phi) is 4.34. The van der Waals surface area contributed by atoms with E-state index in [0.717, 1.165) is 39.3 Å². The second-order valence-corrected chi connectivity index (χ2v) is 4.18. The topological polar surface area (TPSA) is 38.5 Å². The Morgan fingerprint density at radius 1 is 1.12 bits per heavy atom. The summed E-state index contributed by atoms with van der Waals surface area (Å²) >= 11 is 0. The Labute approximate surface area is 97.2 Å². The number of rotatable bonds is 4. The predicted molar refractivity (Wildman–Crippen MR) is 65.3 cm³/mol. The van der Waals surface area contributed by atoms with Crippen LogP contribution in [0.15, 0.2) is 24.3 Å². The van der Waals surface area contributed by atoms with E-state index >= 15 is 0 Å². The summed E-state index contributed by atoms with van der Waals surface area (Å²) in [4.78, 5) is 2.46. The van der Waals surface area contributed by atoms with Gasteiger partial charge in [0.05, 0.1) is 13.2 Å². The van der Waals surface area contributed by atoms with Crippen molar-refractivity contribution in [3.05, 3.63) is 35.4 Å². The molecule has 2 rings (SSSR count). The van der Waals surface area contributed by atoms with Crippen LogP contribution in [0, 0.1) is 0 Å². The minimum absolute atomic E-state index is 0.638. The number of ether oxygens (including phenoxy) is 1. The second kappa shape index (κ2) is 5.99. The monoisotopic (exact) mass is 220 g/mol. The van der Waals surface area contributed by atoms with E-state index in [1.807, 2.05) is 0 Å². The summed E-state index contributed by atoms with van der Waals surface area (Å²) in [6, 6.07) is 8.45. The van der Waals surface area contributed by atoms with Crippen molar-refractivity contribution in [3.8, 4) is 0 Å². The standard InChI is InChI=1S/C13H20N2O/c14-11-13-4-2-1-3-12(13)5-6-15-7-9-16-10-8-15/h1-4H,5-11,14H2. The molecule has 0 atom stereocenters. The van der Waals surface area contributed by atoms with Crippen LogP contribution < -0.4 is 5.73 Å². The largest absolute Gasteiger partial charge is 0.379 e. The van der Waals surface area contributed by atoms with Crippen molar-refractivity contribution < 1.29 is 4.74 Å².